The van der Waals surface area contributed by atoms with Crippen molar-refractivity contribution < 1.29 is 0 Å². The molecule has 2 unspecified atom stereocenters. The van der Waals surface area contributed by atoms with Crippen LogP contribution in [0, 0.1) is 18.3 Å². The first-order chi connectivity index (χ1) is 8.20. The lowest BCUT2D eigenvalue weighted by Gasteiger charge is -2.40. The van der Waals surface area contributed by atoms with Crippen LogP contribution in [0.4, 0.5) is 5.69 Å². The van der Waals surface area contributed by atoms with Gasteiger partial charge in [0.1, 0.15) is 0 Å². The molecule has 1 N–H and O–H groups in total. The number of aryl methyl sites for hydroxylation is 1. The lowest BCUT2D eigenvalue weighted by atomic mass is 10.1. The molecular formula is C14H19N3. The molecule has 0 radical (unpaired) electrons. The quantitative estimate of drug-likeness (QED) is 0.844. The minimum Gasteiger partial charge on any atom is -0.366 e. The lowest BCUT2D eigenvalue weighted by molar-refractivity contribution is 0.409. The van der Waals surface area contributed by atoms with Gasteiger partial charge in [-0.25, -0.2) is 0 Å². The average Bonchev–Trinajstić information content (AvgIpc) is 2.32. The van der Waals surface area contributed by atoms with Crippen molar-refractivity contribution in [2.45, 2.75) is 32.4 Å². The molecule has 0 bridgehead atoms. The Kier molecular flexibility index (Phi) is 3.65. The smallest absolute Gasteiger partial charge is 0.0638 e. The molecule has 0 amide bonds. The second-order valence-corrected chi connectivity index (χ2v) is 4.81. The fraction of sp³-hybridized carbons (Fsp3) is 0.500. The van der Waals surface area contributed by atoms with Gasteiger partial charge in [-0.2, -0.15) is 5.26 Å². The van der Waals surface area contributed by atoms with Crippen molar-refractivity contribution in [1.82, 2.24) is 5.32 Å². The average molecular weight is 229 g/mol. The van der Waals surface area contributed by atoms with E-state index >= 15 is 0 Å². The zero-order valence-corrected chi connectivity index (χ0v) is 10.5. The third-order valence-corrected chi connectivity index (χ3v) is 3.32. The van der Waals surface area contributed by atoms with E-state index in [9.17, 15) is 0 Å². The molecule has 1 aromatic rings. The zero-order chi connectivity index (χ0) is 12.3. The molecule has 3 heteroatoms. The molecule has 90 valence electrons. The van der Waals surface area contributed by atoms with Gasteiger partial charge in [-0.15, -0.1) is 0 Å². The van der Waals surface area contributed by atoms with Gasteiger partial charge in [-0.1, -0.05) is 12.1 Å². The number of rotatable bonds is 2. The first kappa shape index (κ1) is 11.9. The Bertz CT molecular complexity index is 422. The molecule has 0 saturated carbocycles. The van der Waals surface area contributed by atoms with Gasteiger partial charge in [0, 0.05) is 30.9 Å². The van der Waals surface area contributed by atoms with Gasteiger partial charge in [0.2, 0.25) is 0 Å². The predicted octanol–water partition coefficient (Wildman–Crippen LogP) is 2.08. The summed E-state index contributed by atoms with van der Waals surface area (Å²) in [5, 5.41) is 12.2. The maximum Gasteiger partial charge on any atom is 0.0638 e. The summed E-state index contributed by atoms with van der Waals surface area (Å²) in [6.07, 6.45) is 0.578. The van der Waals surface area contributed by atoms with Crippen LogP contribution in [-0.2, 0) is 0 Å². The highest BCUT2D eigenvalue weighted by Crippen LogP contribution is 2.21. The molecule has 0 aromatic heterocycles. The summed E-state index contributed by atoms with van der Waals surface area (Å²) in [4.78, 5) is 2.39. The Morgan fingerprint density at radius 3 is 3.06 bits per heavy atom. The SMILES string of the molecule is Cc1cccc(N2CC(CC#N)NCC2C)c1. The van der Waals surface area contributed by atoms with E-state index in [1.807, 2.05) is 0 Å². The van der Waals surface area contributed by atoms with Crippen molar-refractivity contribution in [3.05, 3.63) is 29.8 Å². The Labute approximate surface area is 103 Å². The van der Waals surface area contributed by atoms with Gasteiger partial charge in [0.15, 0.2) is 0 Å². The fourth-order valence-corrected chi connectivity index (χ4v) is 2.34. The molecule has 2 rings (SSSR count). The molecular weight excluding hydrogens is 210 g/mol. The summed E-state index contributed by atoms with van der Waals surface area (Å²) in [5.74, 6) is 0. The van der Waals surface area contributed by atoms with E-state index in [0.29, 0.717) is 12.5 Å². The number of piperazine rings is 1. The molecule has 2 atom stereocenters. The van der Waals surface area contributed by atoms with E-state index in [2.05, 4.69) is 54.4 Å². The van der Waals surface area contributed by atoms with Crippen LogP contribution >= 0.6 is 0 Å². The number of anilines is 1. The van der Waals surface area contributed by atoms with E-state index in [1.165, 1.54) is 11.3 Å². The molecule has 1 saturated heterocycles. The van der Waals surface area contributed by atoms with Crippen molar-refractivity contribution in [1.29, 1.82) is 5.26 Å². The normalized spacial score (nSPS) is 24.4. The zero-order valence-electron chi connectivity index (χ0n) is 10.5. The van der Waals surface area contributed by atoms with Crippen LogP contribution in [0.5, 0.6) is 0 Å². The van der Waals surface area contributed by atoms with Gasteiger partial charge in [0.05, 0.1) is 12.5 Å². The topological polar surface area (TPSA) is 39.1 Å². The van der Waals surface area contributed by atoms with Crippen LogP contribution in [0.25, 0.3) is 0 Å². The summed E-state index contributed by atoms with van der Waals surface area (Å²) < 4.78 is 0. The largest absolute Gasteiger partial charge is 0.366 e. The molecule has 1 fully saturated rings. The number of nitrogens with zero attached hydrogens (tertiary/aromatic N) is 2. The van der Waals surface area contributed by atoms with Crippen molar-refractivity contribution in [3.8, 4) is 6.07 Å². The number of hydrogen-bond acceptors (Lipinski definition) is 3. The third-order valence-electron chi connectivity index (χ3n) is 3.32. The number of nitrogens with one attached hydrogen (secondary N) is 1. The van der Waals surface area contributed by atoms with Crippen LogP contribution in [0.2, 0.25) is 0 Å². The van der Waals surface area contributed by atoms with E-state index in [0.717, 1.165) is 13.1 Å². The maximum absolute atomic E-state index is 8.78. The first-order valence-corrected chi connectivity index (χ1v) is 6.14. The third kappa shape index (κ3) is 2.78. The van der Waals surface area contributed by atoms with Crippen molar-refractivity contribution in [2.75, 3.05) is 18.0 Å². The maximum atomic E-state index is 8.78. The molecule has 0 spiro atoms. The predicted molar refractivity (Wildman–Crippen MR) is 70.0 cm³/mol. The highest BCUT2D eigenvalue weighted by atomic mass is 15.2. The number of benzene rings is 1. The Morgan fingerprint density at radius 1 is 1.53 bits per heavy atom. The Hall–Kier alpha value is -1.53. The summed E-state index contributed by atoms with van der Waals surface area (Å²) >= 11 is 0. The summed E-state index contributed by atoms with van der Waals surface area (Å²) in [6, 6.07) is 11.6. The van der Waals surface area contributed by atoms with Gasteiger partial charge < -0.3 is 10.2 Å². The second-order valence-electron chi connectivity index (χ2n) is 4.81. The van der Waals surface area contributed by atoms with Gasteiger partial charge in [-0.3, -0.25) is 0 Å². The van der Waals surface area contributed by atoms with Crippen molar-refractivity contribution in [2.24, 2.45) is 0 Å². The van der Waals surface area contributed by atoms with Crippen LogP contribution in [-0.4, -0.2) is 25.2 Å². The van der Waals surface area contributed by atoms with Crippen LogP contribution in [0.15, 0.2) is 24.3 Å². The van der Waals surface area contributed by atoms with Gasteiger partial charge >= 0.3 is 0 Å². The second kappa shape index (κ2) is 5.20. The molecule has 1 aliphatic heterocycles. The highest BCUT2D eigenvalue weighted by Gasteiger charge is 2.24. The van der Waals surface area contributed by atoms with Crippen LogP contribution < -0.4 is 10.2 Å². The lowest BCUT2D eigenvalue weighted by Crippen LogP contribution is -2.55. The van der Waals surface area contributed by atoms with Crippen LogP contribution in [0.3, 0.4) is 0 Å². The molecule has 1 aliphatic rings. The van der Waals surface area contributed by atoms with E-state index in [4.69, 9.17) is 5.26 Å². The van der Waals surface area contributed by atoms with Gasteiger partial charge in [0.25, 0.3) is 0 Å². The summed E-state index contributed by atoms with van der Waals surface area (Å²) in [5.41, 5.74) is 2.55. The first-order valence-electron chi connectivity index (χ1n) is 6.14. The molecule has 3 nitrogen and oxygen atoms in total. The number of nitriles is 1. The van der Waals surface area contributed by atoms with E-state index < -0.39 is 0 Å². The number of hydrogen-bond donors (Lipinski definition) is 1. The summed E-state index contributed by atoms with van der Waals surface area (Å²) in [6.45, 7) is 6.19. The highest BCUT2D eigenvalue weighted by molar-refractivity contribution is 5.50. The van der Waals surface area contributed by atoms with Gasteiger partial charge in [-0.05, 0) is 31.5 Å². The molecule has 17 heavy (non-hydrogen) atoms. The van der Waals surface area contributed by atoms with Crippen molar-refractivity contribution >= 4 is 5.69 Å². The monoisotopic (exact) mass is 229 g/mol. The van der Waals surface area contributed by atoms with Crippen LogP contribution in [0.1, 0.15) is 18.9 Å². The minimum absolute atomic E-state index is 0.289. The fourth-order valence-electron chi connectivity index (χ4n) is 2.34. The molecule has 1 heterocycles. The van der Waals surface area contributed by atoms with Crippen molar-refractivity contribution in [3.63, 3.8) is 0 Å². The summed E-state index contributed by atoms with van der Waals surface area (Å²) in [7, 11) is 0. The molecule has 0 aliphatic carbocycles. The van der Waals surface area contributed by atoms with E-state index in [-0.39, 0.29) is 6.04 Å². The Balaban J connectivity index is 2.15. The Morgan fingerprint density at radius 2 is 2.35 bits per heavy atom. The van der Waals surface area contributed by atoms with E-state index in [1.54, 1.807) is 0 Å². The minimum atomic E-state index is 0.289. The standard InChI is InChI=1S/C14H19N3/c1-11-4-3-5-14(8-11)17-10-13(6-7-15)16-9-12(17)2/h3-5,8,12-13,16H,6,9-10H2,1-2H3. The molecule has 1 aromatic carbocycles.